The van der Waals surface area contributed by atoms with Crippen LogP contribution in [0.1, 0.15) is 33.3 Å². The van der Waals surface area contributed by atoms with E-state index < -0.39 is 7.12 Å². The van der Waals surface area contributed by atoms with Crippen molar-refractivity contribution in [3.8, 4) is 11.3 Å². The van der Waals surface area contributed by atoms with Crippen LogP contribution in [0.25, 0.3) is 11.3 Å². The number of nitrogens with zero attached hydrogens (tertiary/aromatic N) is 2. The fourth-order valence-electron chi connectivity index (χ4n) is 2.40. The Labute approximate surface area is 132 Å². The highest BCUT2D eigenvalue weighted by Gasteiger charge is 2.52. The summed E-state index contributed by atoms with van der Waals surface area (Å²) in [5.74, 6) is 0. The minimum Gasteiger partial charge on any atom is -0.398 e. The van der Waals surface area contributed by atoms with Gasteiger partial charge in [0.05, 0.1) is 28.7 Å². The number of rotatable bonds is 2. The molecule has 0 amide bonds. The van der Waals surface area contributed by atoms with Crippen LogP contribution in [-0.2, 0) is 9.31 Å². The molecule has 0 saturated carbocycles. The Bertz CT molecular complexity index is 685. The van der Waals surface area contributed by atoms with E-state index >= 15 is 0 Å². The summed E-state index contributed by atoms with van der Waals surface area (Å²) in [7, 11) is -0.484. The maximum Gasteiger partial charge on any atom is 0.516 e. The van der Waals surface area contributed by atoms with Gasteiger partial charge in [-0.25, -0.2) is 0 Å². The zero-order chi connectivity index (χ0) is 16.0. The Morgan fingerprint density at radius 3 is 2.32 bits per heavy atom. The van der Waals surface area contributed by atoms with Crippen molar-refractivity contribution in [1.82, 2.24) is 9.97 Å². The van der Waals surface area contributed by atoms with Gasteiger partial charge in [-0.2, -0.15) is 0 Å². The lowest BCUT2D eigenvalue weighted by molar-refractivity contribution is 0.00578. The summed E-state index contributed by atoms with van der Waals surface area (Å²) in [6.07, 6.45) is 3.48. The van der Waals surface area contributed by atoms with Gasteiger partial charge in [-0.1, -0.05) is 23.8 Å². The van der Waals surface area contributed by atoms with Crippen LogP contribution >= 0.6 is 0 Å². The molecule has 0 spiro atoms. The highest BCUT2D eigenvalue weighted by molar-refractivity contribution is 6.61. The van der Waals surface area contributed by atoms with E-state index in [2.05, 4.69) is 29.0 Å². The molecule has 0 atom stereocenters. The monoisotopic (exact) mass is 296 g/mol. The van der Waals surface area contributed by atoms with Gasteiger partial charge in [-0.3, -0.25) is 9.97 Å². The van der Waals surface area contributed by atoms with E-state index in [0.29, 0.717) is 5.59 Å². The van der Waals surface area contributed by atoms with Crippen LogP contribution in [0, 0.1) is 6.92 Å². The van der Waals surface area contributed by atoms with Crippen LogP contribution < -0.4 is 5.59 Å². The molecule has 0 N–H and O–H groups in total. The van der Waals surface area contributed by atoms with Crippen molar-refractivity contribution in [3.05, 3.63) is 42.2 Å². The summed E-state index contributed by atoms with van der Waals surface area (Å²) in [6.45, 7) is 10.2. The van der Waals surface area contributed by atoms with Gasteiger partial charge in [0.25, 0.3) is 0 Å². The topological polar surface area (TPSA) is 44.2 Å². The molecule has 5 heteroatoms. The molecule has 1 aliphatic rings. The third kappa shape index (κ3) is 2.66. The number of aromatic nitrogens is 2. The molecule has 0 unspecified atom stereocenters. The van der Waals surface area contributed by atoms with E-state index in [0.717, 1.165) is 11.3 Å². The molecule has 0 aliphatic carbocycles. The lowest BCUT2D eigenvalue weighted by Gasteiger charge is -2.32. The van der Waals surface area contributed by atoms with E-state index in [1.54, 1.807) is 12.4 Å². The second-order valence-electron chi connectivity index (χ2n) is 6.79. The van der Waals surface area contributed by atoms with Crippen molar-refractivity contribution < 1.29 is 9.31 Å². The molecule has 2 aromatic rings. The molecule has 0 bridgehead atoms. The second kappa shape index (κ2) is 5.18. The molecule has 4 nitrogen and oxygen atoms in total. The van der Waals surface area contributed by atoms with E-state index in [1.165, 1.54) is 5.56 Å². The Balaban J connectivity index is 1.93. The van der Waals surface area contributed by atoms with Gasteiger partial charge in [0.1, 0.15) is 0 Å². The smallest absolute Gasteiger partial charge is 0.398 e. The lowest BCUT2D eigenvalue weighted by Crippen LogP contribution is -2.41. The van der Waals surface area contributed by atoms with Gasteiger partial charge >= 0.3 is 7.12 Å². The van der Waals surface area contributed by atoms with Gasteiger partial charge in [-0.15, -0.1) is 0 Å². The molecule has 1 aromatic carbocycles. The van der Waals surface area contributed by atoms with Crippen LogP contribution in [0.2, 0.25) is 0 Å². The molecule has 3 rings (SSSR count). The van der Waals surface area contributed by atoms with Crippen molar-refractivity contribution in [2.75, 3.05) is 0 Å². The van der Waals surface area contributed by atoms with Crippen molar-refractivity contribution in [3.63, 3.8) is 0 Å². The normalized spacial score (nSPS) is 19.4. The van der Waals surface area contributed by atoms with Crippen molar-refractivity contribution in [2.45, 2.75) is 45.8 Å². The molecule has 1 fully saturated rings. The minimum atomic E-state index is -0.484. The average molecular weight is 296 g/mol. The zero-order valence-electron chi connectivity index (χ0n) is 13.8. The summed E-state index contributed by atoms with van der Waals surface area (Å²) in [5.41, 5.74) is 3.02. The molecule has 22 heavy (non-hydrogen) atoms. The quantitative estimate of drug-likeness (QED) is 0.799. The van der Waals surface area contributed by atoms with Gasteiger partial charge < -0.3 is 9.31 Å². The molecule has 0 radical (unpaired) electrons. The van der Waals surface area contributed by atoms with Crippen LogP contribution in [0.4, 0.5) is 0 Å². The van der Waals surface area contributed by atoms with Crippen molar-refractivity contribution in [1.29, 1.82) is 0 Å². The third-order valence-electron chi connectivity index (χ3n) is 4.46. The maximum atomic E-state index is 6.04. The second-order valence-corrected chi connectivity index (χ2v) is 6.79. The molecular formula is C17H21BN2O2. The summed E-state index contributed by atoms with van der Waals surface area (Å²) < 4.78 is 12.1. The van der Waals surface area contributed by atoms with Gasteiger partial charge in [0.15, 0.2) is 0 Å². The van der Waals surface area contributed by atoms with Crippen LogP contribution in [0.15, 0.2) is 36.7 Å². The molecule has 114 valence electrons. The van der Waals surface area contributed by atoms with E-state index in [1.807, 2.05) is 39.8 Å². The Kier molecular flexibility index (Phi) is 3.58. The van der Waals surface area contributed by atoms with Gasteiger partial charge in [0, 0.05) is 11.8 Å². The summed E-state index contributed by atoms with van der Waals surface area (Å²) >= 11 is 0. The van der Waals surface area contributed by atoms with Gasteiger partial charge in [0.2, 0.25) is 0 Å². The zero-order valence-corrected chi connectivity index (χ0v) is 13.8. The maximum absolute atomic E-state index is 6.04. The van der Waals surface area contributed by atoms with E-state index in [4.69, 9.17) is 9.31 Å². The number of hydrogen-bond acceptors (Lipinski definition) is 4. The minimum absolute atomic E-state index is 0.376. The highest BCUT2D eigenvalue weighted by atomic mass is 16.7. The Morgan fingerprint density at radius 1 is 1.00 bits per heavy atom. The third-order valence-corrected chi connectivity index (χ3v) is 4.46. The number of benzene rings is 1. The molecular weight excluding hydrogens is 275 g/mol. The highest BCUT2D eigenvalue weighted by Crippen LogP contribution is 2.36. The summed E-state index contributed by atoms with van der Waals surface area (Å²) in [4.78, 5) is 8.99. The fourth-order valence-corrected chi connectivity index (χ4v) is 2.40. The lowest BCUT2D eigenvalue weighted by atomic mass is 9.85. The molecule has 1 aromatic heterocycles. The Hall–Kier alpha value is -1.72. The number of aryl methyl sites for hydroxylation is 1. The van der Waals surface area contributed by atoms with Crippen LogP contribution in [0.3, 0.4) is 0 Å². The van der Waals surface area contributed by atoms with Crippen molar-refractivity contribution in [2.24, 2.45) is 0 Å². The Morgan fingerprint density at radius 2 is 1.68 bits per heavy atom. The van der Waals surface area contributed by atoms with Crippen LogP contribution in [-0.4, -0.2) is 28.3 Å². The van der Waals surface area contributed by atoms with Gasteiger partial charge in [-0.05, 0) is 40.7 Å². The predicted molar refractivity (Wildman–Crippen MR) is 87.9 cm³/mol. The standard InChI is InChI=1S/C17H21BN2O2/c1-12-7-6-8-13(9-12)14-10-19-11-15(20-14)18-21-16(2,3)17(4,5)22-18/h6-11H,1-5H3. The predicted octanol–water partition coefficient (Wildman–Crippen LogP) is 2.75. The first-order valence-electron chi connectivity index (χ1n) is 7.53. The van der Waals surface area contributed by atoms with E-state index in [-0.39, 0.29) is 11.2 Å². The fraction of sp³-hybridized carbons (Fsp3) is 0.412. The summed E-state index contributed by atoms with van der Waals surface area (Å²) in [5, 5.41) is 0. The largest absolute Gasteiger partial charge is 0.516 e. The molecule has 1 aliphatic heterocycles. The number of hydrogen-bond donors (Lipinski definition) is 0. The van der Waals surface area contributed by atoms with E-state index in [9.17, 15) is 0 Å². The SMILES string of the molecule is Cc1cccc(-c2cncc(B3OC(C)(C)C(C)(C)O3)n2)c1. The first-order valence-corrected chi connectivity index (χ1v) is 7.53. The van der Waals surface area contributed by atoms with Crippen molar-refractivity contribution >= 4 is 12.7 Å². The first-order chi connectivity index (χ1) is 10.3. The van der Waals surface area contributed by atoms with Crippen LogP contribution in [0.5, 0.6) is 0 Å². The molecule has 2 heterocycles. The average Bonchev–Trinajstić information content (AvgIpc) is 2.68. The summed E-state index contributed by atoms with van der Waals surface area (Å²) in [6, 6.07) is 8.21. The molecule has 1 saturated heterocycles. The first kappa shape index (κ1) is 15.2.